The molecule has 1 heterocycles. The van der Waals surface area contributed by atoms with E-state index < -0.39 is 0 Å². The van der Waals surface area contributed by atoms with Crippen LogP contribution in [0, 0.1) is 6.92 Å². The van der Waals surface area contributed by atoms with E-state index in [1.165, 1.54) is 31.5 Å². The molecule has 14 heavy (non-hydrogen) atoms. The first-order valence-electron chi connectivity index (χ1n) is 5.36. The Morgan fingerprint density at radius 2 is 1.71 bits per heavy atom. The highest BCUT2D eigenvalue weighted by Crippen LogP contribution is 2.27. The van der Waals surface area contributed by atoms with E-state index >= 15 is 0 Å². The third kappa shape index (κ3) is 2.16. The third-order valence-corrected chi connectivity index (χ3v) is 3.17. The van der Waals surface area contributed by atoms with Gasteiger partial charge in [0.1, 0.15) is 0 Å². The first-order chi connectivity index (χ1) is 6.75. The van der Waals surface area contributed by atoms with Gasteiger partial charge < -0.3 is 4.90 Å². The second-order valence-electron chi connectivity index (χ2n) is 4.32. The summed E-state index contributed by atoms with van der Waals surface area (Å²) in [5.41, 5.74) is 2.60. The van der Waals surface area contributed by atoms with Crippen LogP contribution in [0.2, 0.25) is 0 Å². The van der Waals surface area contributed by atoms with Crippen molar-refractivity contribution in [2.75, 3.05) is 20.1 Å². The molecule has 1 aliphatic rings. The second-order valence-corrected chi connectivity index (χ2v) is 4.32. The molecule has 2 rings (SSSR count). The molecule has 1 aromatic carbocycles. The zero-order valence-corrected chi connectivity index (χ0v) is 8.87. The Labute approximate surface area is 86.7 Å². The fraction of sp³-hybridized carbons (Fsp3) is 0.462. The largest absolute Gasteiger partial charge is 0.306 e. The number of piperidine rings is 1. The summed E-state index contributed by atoms with van der Waals surface area (Å²) in [5, 5.41) is 0. The molecule has 0 spiro atoms. The van der Waals surface area contributed by atoms with E-state index in [0.717, 1.165) is 11.5 Å². The lowest BCUT2D eigenvalue weighted by Gasteiger charge is -2.29. The van der Waals surface area contributed by atoms with E-state index in [1.807, 2.05) is 0 Å². The number of hydrogen-bond donors (Lipinski definition) is 0. The Kier molecular flexibility index (Phi) is 2.87. The highest BCUT2D eigenvalue weighted by molar-refractivity contribution is 5.27. The van der Waals surface area contributed by atoms with Gasteiger partial charge in [-0.3, -0.25) is 0 Å². The summed E-state index contributed by atoms with van der Waals surface area (Å²) in [5.74, 6) is 0.770. The van der Waals surface area contributed by atoms with Crippen LogP contribution in [0.3, 0.4) is 0 Å². The van der Waals surface area contributed by atoms with Crippen molar-refractivity contribution in [3.05, 3.63) is 42.3 Å². The van der Waals surface area contributed by atoms with Crippen LogP contribution in [0.1, 0.15) is 29.9 Å². The fourth-order valence-corrected chi connectivity index (χ4v) is 2.13. The summed E-state index contributed by atoms with van der Waals surface area (Å²) in [4.78, 5) is 2.41. The summed E-state index contributed by atoms with van der Waals surface area (Å²) < 4.78 is 0. The highest BCUT2D eigenvalue weighted by Gasteiger charge is 2.17. The average Bonchev–Trinajstić information content (AvgIpc) is 2.21. The van der Waals surface area contributed by atoms with Gasteiger partial charge in [-0.1, -0.05) is 24.3 Å². The molecule has 0 saturated carbocycles. The number of hydrogen-bond acceptors (Lipinski definition) is 1. The maximum atomic E-state index is 3.91. The van der Waals surface area contributed by atoms with E-state index in [2.05, 4.69) is 43.1 Å². The van der Waals surface area contributed by atoms with Crippen LogP contribution in [0.25, 0.3) is 0 Å². The molecular formula is C13H18N. The predicted octanol–water partition coefficient (Wildman–Crippen LogP) is 2.68. The predicted molar refractivity (Wildman–Crippen MR) is 60.4 cm³/mol. The van der Waals surface area contributed by atoms with E-state index in [1.54, 1.807) is 0 Å². The molecule has 1 nitrogen and oxygen atoms in total. The maximum absolute atomic E-state index is 3.91. The summed E-state index contributed by atoms with van der Waals surface area (Å²) in [7, 11) is 2.20. The van der Waals surface area contributed by atoms with E-state index in [-0.39, 0.29) is 0 Å². The minimum absolute atomic E-state index is 0.770. The van der Waals surface area contributed by atoms with Gasteiger partial charge in [0, 0.05) is 0 Å². The minimum atomic E-state index is 0.770. The molecule has 1 saturated heterocycles. The van der Waals surface area contributed by atoms with Gasteiger partial charge >= 0.3 is 0 Å². The van der Waals surface area contributed by atoms with Crippen LogP contribution >= 0.6 is 0 Å². The van der Waals surface area contributed by atoms with Crippen molar-refractivity contribution < 1.29 is 0 Å². The Morgan fingerprint density at radius 1 is 1.14 bits per heavy atom. The van der Waals surface area contributed by atoms with Crippen molar-refractivity contribution in [1.29, 1.82) is 0 Å². The van der Waals surface area contributed by atoms with Gasteiger partial charge in [-0.15, -0.1) is 0 Å². The van der Waals surface area contributed by atoms with Gasteiger partial charge in [0.15, 0.2) is 0 Å². The Bertz CT molecular complexity index is 281. The molecule has 0 aliphatic carbocycles. The lowest BCUT2D eigenvalue weighted by molar-refractivity contribution is 0.255. The molecule has 1 radical (unpaired) electrons. The topological polar surface area (TPSA) is 3.24 Å². The van der Waals surface area contributed by atoms with Gasteiger partial charge in [-0.05, 0) is 56.9 Å². The van der Waals surface area contributed by atoms with Crippen molar-refractivity contribution >= 4 is 0 Å². The fourth-order valence-electron chi connectivity index (χ4n) is 2.13. The molecular weight excluding hydrogens is 170 g/mol. The number of rotatable bonds is 1. The quantitative estimate of drug-likeness (QED) is 0.655. The van der Waals surface area contributed by atoms with Crippen LogP contribution in [-0.2, 0) is 0 Å². The van der Waals surface area contributed by atoms with Gasteiger partial charge in [0.25, 0.3) is 0 Å². The van der Waals surface area contributed by atoms with Gasteiger partial charge in [0.05, 0.1) is 0 Å². The molecule has 75 valence electrons. The number of nitrogens with zero attached hydrogens (tertiary/aromatic N) is 1. The van der Waals surface area contributed by atoms with Crippen LogP contribution in [0.15, 0.2) is 24.3 Å². The molecule has 0 amide bonds. The molecule has 1 aromatic rings. The van der Waals surface area contributed by atoms with E-state index in [4.69, 9.17) is 0 Å². The highest BCUT2D eigenvalue weighted by atomic mass is 15.1. The lowest BCUT2D eigenvalue weighted by Crippen LogP contribution is -2.29. The molecule has 0 N–H and O–H groups in total. The molecule has 1 fully saturated rings. The van der Waals surface area contributed by atoms with Crippen molar-refractivity contribution in [1.82, 2.24) is 4.90 Å². The van der Waals surface area contributed by atoms with Crippen molar-refractivity contribution in [3.63, 3.8) is 0 Å². The van der Waals surface area contributed by atoms with Gasteiger partial charge in [0.2, 0.25) is 0 Å². The number of likely N-dealkylation sites (tertiary alicyclic amines) is 1. The summed E-state index contributed by atoms with van der Waals surface area (Å²) in [6.45, 7) is 6.38. The standard InChI is InChI=1S/C13H18N/c1-11-3-5-12(6-4-11)13-7-9-14(2)10-8-13/h3-6,13H,1,7-10H2,2H3. The van der Waals surface area contributed by atoms with Crippen molar-refractivity contribution in [2.24, 2.45) is 0 Å². The lowest BCUT2D eigenvalue weighted by atomic mass is 9.89. The van der Waals surface area contributed by atoms with Gasteiger partial charge in [-0.2, -0.15) is 0 Å². The van der Waals surface area contributed by atoms with Crippen LogP contribution in [0.5, 0.6) is 0 Å². The van der Waals surface area contributed by atoms with Crippen molar-refractivity contribution in [2.45, 2.75) is 18.8 Å². The molecule has 0 atom stereocenters. The average molecular weight is 188 g/mol. The molecule has 0 unspecified atom stereocenters. The summed E-state index contributed by atoms with van der Waals surface area (Å²) >= 11 is 0. The van der Waals surface area contributed by atoms with Crippen molar-refractivity contribution in [3.8, 4) is 0 Å². The molecule has 1 heteroatoms. The first-order valence-corrected chi connectivity index (χ1v) is 5.36. The minimum Gasteiger partial charge on any atom is -0.306 e. The maximum Gasteiger partial charge on any atom is -0.00159 e. The zero-order valence-electron chi connectivity index (χ0n) is 8.87. The second kappa shape index (κ2) is 4.14. The number of benzene rings is 1. The van der Waals surface area contributed by atoms with E-state index in [9.17, 15) is 0 Å². The summed E-state index contributed by atoms with van der Waals surface area (Å²) in [6.07, 6.45) is 2.60. The van der Waals surface area contributed by atoms with Crippen LogP contribution in [0.4, 0.5) is 0 Å². The molecule has 0 bridgehead atoms. The normalized spacial score (nSPS) is 19.9. The summed E-state index contributed by atoms with van der Waals surface area (Å²) in [6, 6.07) is 8.71. The monoisotopic (exact) mass is 188 g/mol. The SMILES string of the molecule is [CH2]c1ccc(C2CCN(C)CC2)cc1. The Balaban J connectivity index is 2.05. The Morgan fingerprint density at radius 3 is 2.29 bits per heavy atom. The first kappa shape index (κ1) is 9.72. The molecule has 0 aromatic heterocycles. The Hall–Kier alpha value is -0.820. The van der Waals surface area contributed by atoms with Gasteiger partial charge in [-0.25, -0.2) is 0 Å². The van der Waals surface area contributed by atoms with Crippen LogP contribution < -0.4 is 0 Å². The smallest absolute Gasteiger partial charge is 0.00159 e. The zero-order chi connectivity index (χ0) is 9.97. The molecule has 1 aliphatic heterocycles. The van der Waals surface area contributed by atoms with E-state index in [0.29, 0.717) is 0 Å². The van der Waals surface area contributed by atoms with Crippen LogP contribution in [-0.4, -0.2) is 25.0 Å². The third-order valence-electron chi connectivity index (χ3n) is 3.17.